The maximum atomic E-state index is 13.1. The molecule has 7 heteroatoms. The molecule has 0 saturated carbocycles. The van der Waals surface area contributed by atoms with Gasteiger partial charge in [0.1, 0.15) is 11.6 Å². The molecule has 1 aliphatic heterocycles. The van der Waals surface area contributed by atoms with E-state index in [-0.39, 0.29) is 17.6 Å². The fraction of sp³-hybridized carbons (Fsp3) is 0.364. The summed E-state index contributed by atoms with van der Waals surface area (Å²) in [6.45, 7) is 5.56. The Morgan fingerprint density at radius 3 is 2.38 bits per heavy atom. The molecule has 1 fully saturated rings. The van der Waals surface area contributed by atoms with Gasteiger partial charge >= 0.3 is 0 Å². The van der Waals surface area contributed by atoms with E-state index in [1.165, 1.54) is 24.3 Å². The second kappa shape index (κ2) is 9.27. The topological polar surface area (TPSA) is 49.9 Å². The number of hydrogen-bond acceptors (Lipinski definition) is 3. The molecule has 3 rings (SSSR count). The molecule has 0 radical (unpaired) electrons. The number of aryl methyl sites for hydroxylation is 1. The first kappa shape index (κ1) is 21.1. The highest BCUT2D eigenvalue weighted by Gasteiger charge is 2.26. The van der Waals surface area contributed by atoms with Crippen molar-refractivity contribution in [2.24, 2.45) is 0 Å². The molecular formula is C22H24ClFN2O3. The highest BCUT2D eigenvalue weighted by molar-refractivity contribution is 6.31. The normalized spacial score (nSPS) is 15.6. The predicted molar refractivity (Wildman–Crippen MR) is 110 cm³/mol. The van der Waals surface area contributed by atoms with E-state index in [0.29, 0.717) is 48.9 Å². The van der Waals surface area contributed by atoms with Crippen LogP contribution in [-0.4, -0.2) is 53.9 Å². The fourth-order valence-corrected chi connectivity index (χ4v) is 3.44. The van der Waals surface area contributed by atoms with Gasteiger partial charge in [0, 0.05) is 36.8 Å². The molecule has 2 aromatic carbocycles. The van der Waals surface area contributed by atoms with Crippen molar-refractivity contribution in [1.82, 2.24) is 9.80 Å². The molecule has 2 amide bonds. The number of ether oxygens (including phenoxy) is 1. The smallest absolute Gasteiger partial charge is 0.263 e. The fourth-order valence-electron chi connectivity index (χ4n) is 3.32. The molecule has 0 aliphatic carbocycles. The van der Waals surface area contributed by atoms with Crippen molar-refractivity contribution in [3.8, 4) is 5.75 Å². The van der Waals surface area contributed by atoms with Gasteiger partial charge in [-0.25, -0.2) is 4.39 Å². The van der Waals surface area contributed by atoms with Gasteiger partial charge in [0.05, 0.1) is 0 Å². The summed E-state index contributed by atoms with van der Waals surface area (Å²) in [5, 5.41) is 0.648. The lowest BCUT2D eigenvalue weighted by molar-refractivity contribution is -0.137. The van der Waals surface area contributed by atoms with Gasteiger partial charge in [-0.05, 0) is 68.3 Å². The number of benzene rings is 2. The summed E-state index contributed by atoms with van der Waals surface area (Å²) in [6.07, 6.45) is 0.0285. The molecule has 0 aromatic heterocycles. The number of nitrogens with zero attached hydrogens (tertiary/aromatic N) is 2. The quantitative estimate of drug-likeness (QED) is 0.755. The molecule has 0 bridgehead atoms. The lowest BCUT2D eigenvalue weighted by Crippen LogP contribution is -2.43. The number of carbonyl (C=O) groups is 2. The standard InChI is InChI=1S/C22H24ClFN2O3/c1-15-14-19(8-9-20(15)23)29-16(2)21(27)25-10-3-11-26(13-12-25)22(28)17-4-6-18(24)7-5-17/h4-9,14,16H,3,10-13H2,1-2H3. The van der Waals surface area contributed by atoms with Gasteiger partial charge in [-0.15, -0.1) is 0 Å². The summed E-state index contributed by atoms with van der Waals surface area (Å²) in [5.74, 6) is -0.0522. The van der Waals surface area contributed by atoms with Crippen LogP contribution in [0.3, 0.4) is 0 Å². The first-order valence-electron chi connectivity index (χ1n) is 9.61. The van der Waals surface area contributed by atoms with Crippen LogP contribution in [0.4, 0.5) is 4.39 Å². The van der Waals surface area contributed by atoms with Crippen molar-refractivity contribution in [3.05, 3.63) is 64.4 Å². The van der Waals surface area contributed by atoms with Crippen LogP contribution < -0.4 is 4.74 Å². The lowest BCUT2D eigenvalue weighted by Gasteiger charge is -2.25. The number of halogens is 2. The highest BCUT2D eigenvalue weighted by atomic mass is 35.5. The van der Waals surface area contributed by atoms with Crippen molar-refractivity contribution >= 4 is 23.4 Å². The summed E-state index contributed by atoms with van der Waals surface area (Å²) in [6, 6.07) is 10.8. The van der Waals surface area contributed by atoms with Crippen molar-refractivity contribution in [1.29, 1.82) is 0 Å². The molecule has 1 aliphatic rings. The first-order valence-corrected chi connectivity index (χ1v) is 9.99. The van der Waals surface area contributed by atoms with Crippen molar-refractivity contribution in [3.63, 3.8) is 0 Å². The van der Waals surface area contributed by atoms with Crippen LogP contribution in [0.1, 0.15) is 29.3 Å². The molecule has 0 N–H and O–H groups in total. The van der Waals surface area contributed by atoms with Gasteiger partial charge in [-0.2, -0.15) is 0 Å². The largest absolute Gasteiger partial charge is 0.481 e. The van der Waals surface area contributed by atoms with Crippen LogP contribution in [0.5, 0.6) is 5.75 Å². The minimum absolute atomic E-state index is 0.117. The second-order valence-electron chi connectivity index (χ2n) is 7.15. The first-order chi connectivity index (χ1) is 13.8. The van der Waals surface area contributed by atoms with Crippen LogP contribution in [0, 0.1) is 12.7 Å². The van der Waals surface area contributed by atoms with E-state index in [1.807, 2.05) is 6.92 Å². The van der Waals surface area contributed by atoms with Crippen molar-refractivity contribution in [2.75, 3.05) is 26.2 Å². The Kier molecular flexibility index (Phi) is 6.75. The summed E-state index contributed by atoms with van der Waals surface area (Å²) in [4.78, 5) is 28.9. The van der Waals surface area contributed by atoms with Crippen LogP contribution in [0.25, 0.3) is 0 Å². The molecule has 2 aromatic rings. The van der Waals surface area contributed by atoms with Crippen LogP contribution in [0.15, 0.2) is 42.5 Å². The Hall–Kier alpha value is -2.60. The van der Waals surface area contributed by atoms with E-state index >= 15 is 0 Å². The summed E-state index contributed by atoms with van der Waals surface area (Å²) < 4.78 is 18.9. The average molecular weight is 419 g/mol. The van der Waals surface area contributed by atoms with E-state index in [2.05, 4.69) is 0 Å². The van der Waals surface area contributed by atoms with Crippen molar-refractivity contribution < 1.29 is 18.7 Å². The predicted octanol–water partition coefficient (Wildman–Crippen LogP) is 3.93. The summed E-state index contributed by atoms with van der Waals surface area (Å²) >= 11 is 6.03. The van der Waals surface area contributed by atoms with Gasteiger partial charge in [-0.3, -0.25) is 9.59 Å². The Morgan fingerprint density at radius 2 is 1.69 bits per heavy atom. The number of rotatable bonds is 4. The zero-order valence-corrected chi connectivity index (χ0v) is 17.3. The number of amides is 2. The second-order valence-corrected chi connectivity index (χ2v) is 7.56. The lowest BCUT2D eigenvalue weighted by atomic mass is 10.2. The molecule has 1 unspecified atom stereocenters. The third kappa shape index (κ3) is 5.26. The summed E-state index contributed by atoms with van der Waals surface area (Å²) in [5.41, 5.74) is 1.33. The van der Waals surface area contributed by atoms with E-state index in [9.17, 15) is 14.0 Å². The third-order valence-corrected chi connectivity index (χ3v) is 5.40. The monoisotopic (exact) mass is 418 g/mol. The number of carbonyl (C=O) groups excluding carboxylic acids is 2. The SMILES string of the molecule is Cc1cc(OC(C)C(=O)N2CCCN(C(=O)c3ccc(F)cc3)CC2)ccc1Cl. The Labute approximate surface area is 175 Å². The van der Waals surface area contributed by atoms with E-state index < -0.39 is 6.10 Å². The van der Waals surface area contributed by atoms with Gasteiger partial charge in [0.15, 0.2) is 6.10 Å². The molecule has 1 saturated heterocycles. The molecule has 1 heterocycles. The van der Waals surface area contributed by atoms with E-state index in [1.54, 1.807) is 34.9 Å². The minimum Gasteiger partial charge on any atom is -0.481 e. The minimum atomic E-state index is -0.644. The highest BCUT2D eigenvalue weighted by Crippen LogP contribution is 2.22. The van der Waals surface area contributed by atoms with Gasteiger partial charge in [-0.1, -0.05) is 11.6 Å². The van der Waals surface area contributed by atoms with E-state index in [0.717, 1.165) is 5.56 Å². The average Bonchev–Trinajstić information content (AvgIpc) is 2.96. The van der Waals surface area contributed by atoms with Gasteiger partial charge < -0.3 is 14.5 Å². The molecular weight excluding hydrogens is 395 g/mol. The van der Waals surface area contributed by atoms with Gasteiger partial charge in [0.2, 0.25) is 0 Å². The maximum Gasteiger partial charge on any atom is 0.263 e. The van der Waals surface area contributed by atoms with Crippen LogP contribution in [0.2, 0.25) is 5.02 Å². The molecule has 5 nitrogen and oxygen atoms in total. The summed E-state index contributed by atoms with van der Waals surface area (Å²) in [7, 11) is 0. The maximum absolute atomic E-state index is 13.1. The Balaban J connectivity index is 1.59. The Morgan fingerprint density at radius 1 is 1.03 bits per heavy atom. The Bertz CT molecular complexity index is 888. The molecule has 29 heavy (non-hydrogen) atoms. The van der Waals surface area contributed by atoms with Gasteiger partial charge in [0.25, 0.3) is 11.8 Å². The van der Waals surface area contributed by atoms with Crippen LogP contribution >= 0.6 is 11.6 Å². The third-order valence-electron chi connectivity index (χ3n) is 4.98. The number of hydrogen-bond donors (Lipinski definition) is 0. The van der Waals surface area contributed by atoms with Crippen molar-refractivity contribution in [2.45, 2.75) is 26.4 Å². The zero-order chi connectivity index (χ0) is 21.0. The van der Waals surface area contributed by atoms with Crippen LogP contribution in [-0.2, 0) is 4.79 Å². The molecule has 1 atom stereocenters. The van der Waals surface area contributed by atoms with E-state index in [4.69, 9.17) is 16.3 Å². The molecule has 154 valence electrons. The zero-order valence-electron chi connectivity index (χ0n) is 16.5. The molecule has 0 spiro atoms.